The summed E-state index contributed by atoms with van der Waals surface area (Å²) in [5, 5.41) is 0. The van der Waals surface area contributed by atoms with E-state index >= 15 is 0 Å². The van der Waals surface area contributed by atoms with E-state index in [1.54, 1.807) is 0 Å². The molecule has 0 saturated carbocycles. The summed E-state index contributed by atoms with van der Waals surface area (Å²) < 4.78 is 5.61. The summed E-state index contributed by atoms with van der Waals surface area (Å²) in [4.78, 5) is 2.69. The van der Waals surface area contributed by atoms with E-state index in [0.717, 1.165) is 18.9 Å². The first-order valence-corrected chi connectivity index (χ1v) is 7.99. The predicted octanol–water partition coefficient (Wildman–Crippen LogP) is 2.93. The predicted molar refractivity (Wildman–Crippen MR) is 81.8 cm³/mol. The number of piperidine rings is 2. The van der Waals surface area contributed by atoms with Gasteiger partial charge in [-0.05, 0) is 50.3 Å². The Labute approximate surface area is 122 Å². The molecule has 2 heterocycles. The van der Waals surface area contributed by atoms with E-state index in [-0.39, 0.29) is 0 Å². The molecule has 2 saturated heterocycles. The molecule has 20 heavy (non-hydrogen) atoms. The molecule has 0 aromatic heterocycles. The average molecular weight is 274 g/mol. The minimum atomic E-state index is 0.413. The van der Waals surface area contributed by atoms with E-state index in [1.807, 2.05) is 13.0 Å². The summed E-state index contributed by atoms with van der Waals surface area (Å²) in [6.45, 7) is 3.80. The first-order valence-electron chi connectivity index (χ1n) is 7.99. The molecule has 110 valence electrons. The van der Waals surface area contributed by atoms with Crippen LogP contribution in [0.3, 0.4) is 0 Å². The minimum absolute atomic E-state index is 0.413. The van der Waals surface area contributed by atoms with Crippen LogP contribution in [0.5, 0.6) is 5.75 Å². The Kier molecular flexibility index (Phi) is 4.27. The molecule has 0 radical (unpaired) electrons. The molecule has 1 aromatic rings. The maximum Gasteiger partial charge on any atom is 0.119 e. The van der Waals surface area contributed by atoms with E-state index in [1.165, 1.54) is 37.7 Å². The van der Waals surface area contributed by atoms with Crippen molar-refractivity contribution in [3.63, 3.8) is 0 Å². The van der Waals surface area contributed by atoms with Gasteiger partial charge in [0.2, 0.25) is 0 Å². The third-order valence-corrected chi connectivity index (χ3v) is 4.74. The number of fused-ring (bicyclic) bond motifs is 2. The van der Waals surface area contributed by atoms with Crippen LogP contribution in [0.25, 0.3) is 0 Å². The molecule has 2 aliphatic rings. The average Bonchev–Trinajstić information content (AvgIpc) is 2.41. The zero-order valence-electron chi connectivity index (χ0n) is 12.4. The lowest BCUT2D eigenvalue weighted by Gasteiger charge is -2.48. The van der Waals surface area contributed by atoms with Crippen LogP contribution in [0.4, 0.5) is 0 Å². The van der Waals surface area contributed by atoms with Crippen molar-refractivity contribution in [2.24, 2.45) is 5.73 Å². The first-order chi connectivity index (χ1) is 9.76. The molecule has 3 heteroatoms. The van der Waals surface area contributed by atoms with Crippen LogP contribution in [0.1, 0.15) is 44.6 Å². The van der Waals surface area contributed by atoms with Gasteiger partial charge >= 0.3 is 0 Å². The molecule has 1 aromatic carbocycles. The van der Waals surface area contributed by atoms with Crippen molar-refractivity contribution in [3.8, 4) is 5.75 Å². The number of nitrogens with two attached hydrogens (primary N) is 1. The second-order valence-electron chi connectivity index (χ2n) is 6.22. The third-order valence-electron chi connectivity index (χ3n) is 4.74. The van der Waals surface area contributed by atoms with E-state index in [2.05, 4.69) is 23.1 Å². The van der Waals surface area contributed by atoms with Gasteiger partial charge in [0.1, 0.15) is 5.75 Å². The van der Waals surface area contributed by atoms with Gasteiger partial charge in [-0.15, -0.1) is 0 Å². The number of benzene rings is 1. The smallest absolute Gasteiger partial charge is 0.119 e. The molecule has 2 fully saturated rings. The Morgan fingerprint density at radius 2 is 2.00 bits per heavy atom. The lowest BCUT2D eigenvalue weighted by molar-refractivity contribution is 0.0244. The molecule has 2 unspecified atom stereocenters. The Morgan fingerprint density at radius 1 is 1.25 bits per heavy atom. The molecule has 2 aliphatic heterocycles. The SMILES string of the molecule is CCOc1cccc(CN2C3CCCC2CC(N)C3)c1. The zero-order valence-corrected chi connectivity index (χ0v) is 12.4. The van der Waals surface area contributed by atoms with Crippen molar-refractivity contribution in [1.82, 2.24) is 4.90 Å². The second-order valence-corrected chi connectivity index (χ2v) is 6.22. The van der Waals surface area contributed by atoms with Crippen molar-refractivity contribution < 1.29 is 4.74 Å². The Bertz CT molecular complexity index is 434. The molecule has 3 rings (SSSR count). The first kappa shape index (κ1) is 13.9. The highest BCUT2D eigenvalue weighted by molar-refractivity contribution is 5.28. The van der Waals surface area contributed by atoms with E-state index in [9.17, 15) is 0 Å². The summed E-state index contributed by atoms with van der Waals surface area (Å²) in [6, 6.07) is 10.3. The van der Waals surface area contributed by atoms with Crippen LogP contribution in [0, 0.1) is 0 Å². The number of hydrogen-bond donors (Lipinski definition) is 1. The highest BCUT2D eigenvalue weighted by Crippen LogP contribution is 2.34. The molecule has 0 amide bonds. The Balaban J connectivity index is 1.72. The topological polar surface area (TPSA) is 38.5 Å². The van der Waals surface area contributed by atoms with Gasteiger partial charge in [0.15, 0.2) is 0 Å². The van der Waals surface area contributed by atoms with E-state index in [4.69, 9.17) is 10.5 Å². The van der Waals surface area contributed by atoms with Gasteiger partial charge in [0, 0.05) is 24.7 Å². The Hall–Kier alpha value is -1.06. The monoisotopic (exact) mass is 274 g/mol. The maximum absolute atomic E-state index is 6.20. The molecule has 0 spiro atoms. The summed E-state index contributed by atoms with van der Waals surface area (Å²) in [5.74, 6) is 0.990. The van der Waals surface area contributed by atoms with Crippen LogP contribution < -0.4 is 10.5 Å². The van der Waals surface area contributed by atoms with Crippen molar-refractivity contribution in [2.75, 3.05) is 6.61 Å². The normalized spacial score (nSPS) is 30.2. The fourth-order valence-electron chi connectivity index (χ4n) is 3.89. The van der Waals surface area contributed by atoms with Gasteiger partial charge < -0.3 is 10.5 Å². The zero-order chi connectivity index (χ0) is 13.9. The van der Waals surface area contributed by atoms with Crippen LogP contribution >= 0.6 is 0 Å². The van der Waals surface area contributed by atoms with Gasteiger partial charge in [0.25, 0.3) is 0 Å². The number of hydrogen-bond acceptors (Lipinski definition) is 3. The van der Waals surface area contributed by atoms with Crippen LogP contribution in [-0.2, 0) is 6.54 Å². The highest BCUT2D eigenvalue weighted by Gasteiger charge is 2.36. The van der Waals surface area contributed by atoms with Crippen LogP contribution in [0.15, 0.2) is 24.3 Å². The van der Waals surface area contributed by atoms with Crippen molar-refractivity contribution in [3.05, 3.63) is 29.8 Å². The maximum atomic E-state index is 6.20. The van der Waals surface area contributed by atoms with Gasteiger partial charge in [0.05, 0.1) is 6.61 Å². The summed E-state index contributed by atoms with van der Waals surface area (Å²) in [7, 11) is 0. The van der Waals surface area contributed by atoms with Gasteiger partial charge in [-0.3, -0.25) is 4.90 Å². The Morgan fingerprint density at radius 3 is 2.70 bits per heavy atom. The van der Waals surface area contributed by atoms with Gasteiger partial charge in [-0.1, -0.05) is 18.6 Å². The van der Waals surface area contributed by atoms with Crippen LogP contribution in [-0.4, -0.2) is 29.6 Å². The molecular weight excluding hydrogens is 248 g/mol. The fraction of sp³-hybridized carbons (Fsp3) is 0.647. The summed E-state index contributed by atoms with van der Waals surface area (Å²) >= 11 is 0. The molecule has 2 atom stereocenters. The summed E-state index contributed by atoms with van der Waals surface area (Å²) in [5.41, 5.74) is 7.56. The lowest BCUT2D eigenvalue weighted by atomic mass is 9.82. The lowest BCUT2D eigenvalue weighted by Crippen LogP contribution is -2.54. The highest BCUT2D eigenvalue weighted by atomic mass is 16.5. The number of ether oxygens (including phenoxy) is 1. The van der Waals surface area contributed by atoms with Gasteiger partial charge in [-0.25, -0.2) is 0 Å². The second kappa shape index (κ2) is 6.15. The molecule has 0 aliphatic carbocycles. The largest absolute Gasteiger partial charge is 0.494 e. The van der Waals surface area contributed by atoms with Crippen molar-refractivity contribution in [1.29, 1.82) is 0 Å². The van der Waals surface area contributed by atoms with Crippen molar-refractivity contribution in [2.45, 2.75) is 63.7 Å². The molecule has 3 nitrogen and oxygen atoms in total. The minimum Gasteiger partial charge on any atom is -0.494 e. The number of nitrogens with zero attached hydrogens (tertiary/aromatic N) is 1. The van der Waals surface area contributed by atoms with E-state index < -0.39 is 0 Å². The summed E-state index contributed by atoms with van der Waals surface area (Å²) in [6.07, 6.45) is 6.34. The van der Waals surface area contributed by atoms with E-state index in [0.29, 0.717) is 18.1 Å². The van der Waals surface area contributed by atoms with Crippen LogP contribution in [0.2, 0.25) is 0 Å². The van der Waals surface area contributed by atoms with Crippen molar-refractivity contribution >= 4 is 0 Å². The molecular formula is C17H26N2O. The number of rotatable bonds is 4. The quantitative estimate of drug-likeness (QED) is 0.917. The molecule has 2 N–H and O–H groups in total. The fourth-order valence-corrected chi connectivity index (χ4v) is 3.89. The third kappa shape index (κ3) is 2.99. The van der Waals surface area contributed by atoms with Gasteiger partial charge in [-0.2, -0.15) is 0 Å². The standard InChI is InChI=1S/C17H26N2O/c1-2-20-17-8-3-5-13(9-17)12-19-15-6-4-7-16(19)11-14(18)10-15/h3,5,8-9,14-16H,2,4,6-7,10-12,18H2,1H3. The molecule has 2 bridgehead atoms.